The van der Waals surface area contributed by atoms with Gasteiger partial charge < -0.3 is 15.5 Å². The van der Waals surface area contributed by atoms with Crippen molar-refractivity contribution in [3.05, 3.63) is 34.9 Å². The van der Waals surface area contributed by atoms with Crippen molar-refractivity contribution < 1.29 is 9.59 Å². The number of benzene rings is 1. The van der Waals surface area contributed by atoms with Gasteiger partial charge in [0.15, 0.2) is 0 Å². The number of likely N-dealkylation sites (tertiary alicyclic amines) is 1. The van der Waals surface area contributed by atoms with E-state index in [9.17, 15) is 9.59 Å². The molecule has 0 aromatic heterocycles. The molecule has 1 fully saturated rings. The SMILES string of the molecule is CC(C)NC(=O)NC1CCN(C(=O)Cc2cccc(Cl)c2)CC1. The number of halogens is 1. The van der Waals surface area contributed by atoms with E-state index in [4.69, 9.17) is 11.6 Å². The molecular weight excluding hydrogens is 314 g/mol. The molecule has 6 heteroatoms. The van der Waals surface area contributed by atoms with Crippen LogP contribution >= 0.6 is 11.6 Å². The maximum atomic E-state index is 12.3. The predicted octanol–water partition coefficient (Wildman–Crippen LogP) is 2.58. The third-order valence-corrected chi connectivity index (χ3v) is 4.08. The van der Waals surface area contributed by atoms with Gasteiger partial charge in [0.25, 0.3) is 0 Å². The smallest absolute Gasteiger partial charge is 0.315 e. The first-order chi connectivity index (χ1) is 10.9. The predicted molar refractivity (Wildman–Crippen MR) is 91.6 cm³/mol. The molecule has 0 atom stereocenters. The van der Waals surface area contributed by atoms with Gasteiger partial charge in [0.2, 0.25) is 5.91 Å². The molecule has 3 amide bonds. The molecule has 0 unspecified atom stereocenters. The quantitative estimate of drug-likeness (QED) is 0.887. The fourth-order valence-corrected chi connectivity index (χ4v) is 2.91. The number of amides is 3. The van der Waals surface area contributed by atoms with Crippen molar-refractivity contribution in [3.8, 4) is 0 Å². The first-order valence-corrected chi connectivity index (χ1v) is 8.41. The van der Waals surface area contributed by atoms with E-state index in [1.165, 1.54) is 0 Å². The molecule has 5 nitrogen and oxygen atoms in total. The molecule has 0 saturated carbocycles. The molecule has 0 spiro atoms. The highest BCUT2D eigenvalue weighted by atomic mass is 35.5. The van der Waals surface area contributed by atoms with Gasteiger partial charge in [-0.1, -0.05) is 23.7 Å². The Bertz CT molecular complexity index is 555. The van der Waals surface area contributed by atoms with Crippen LogP contribution in [0, 0.1) is 0 Å². The number of nitrogens with one attached hydrogen (secondary N) is 2. The second kappa shape index (κ2) is 8.20. The Kier molecular flexibility index (Phi) is 6.28. The fourth-order valence-electron chi connectivity index (χ4n) is 2.70. The van der Waals surface area contributed by atoms with Gasteiger partial charge in [-0.25, -0.2) is 4.79 Å². The zero-order valence-corrected chi connectivity index (χ0v) is 14.4. The van der Waals surface area contributed by atoms with E-state index in [0.29, 0.717) is 24.5 Å². The lowest BCUT2D eigenvalue weighted by Crippen LogP contribution is -2.50. The summed E-state index contributed by atoms with van der Waals surface area (Å²) in [4.78, 5) is 25.9. The van der Waals surface area contributed by atoms with Crippen LogP contribution in [0.5, 0.6) is 0 Å². The highest BCUT2D eigenvalue weighted by Crippen LogP contribution is 2.15. The molecule has 2 N–H and O–H groups in total. The number of carbonyl (C=O) groups excluding carboxylic acids is 2. The van der Waals surface area contributed by atoms with Crippen molar-refractivity contribution in [1.29, 1.82) is 0 Å². The van der Waals surface area contributed by atoms with Gasteiger partial charge in [0.05, 0.1) is 6.42 Å². The number of urea groups is 1. The van der Waals surface area contributed by atoms with E-state index in [1.807, 2.05) is 36.9 Å². The molecule has 1 aromatic rings. The third-order valence-electron chi connectivity index (χ3n) is 3.85. The lowest BCUT2D eigenvalue weighted by Gasteiger charge is -2.32. The molecule has 1 saturated heterocycles. The number of nitrogens with zero attached hydrogens (tertiary/aromatic N) is 1. The van der Waals surface area contributed by atoms with E-state index in [2.05, 4.69) is 10.6 Å². The minimum absolute atomic E-state index is 0.109. The minimum Gasteiger partial charge on any atom is -0.342 e. The summed E-state index contributed by atoms with van der Waals surface area (Å²) in [7, 11) is 0. The normalized spacial score (nSPS) is 15.6. The largest absolute Gasteiger partial charge is 0.342 e. The van der Waals surface area contributed by atoms with Gasteiger partial charge >= 0.3 is 6.03 Å². The third kappa shape index (κ3) is 5.75. The lowest BCUT2D eigenvalue weighted by atomic mass is 10.0. The summed E-state index contributed by atoms with van der Waals surface area (Å²) < 4.78 is 0. The van der Waals surface area contributed by atoms with Crippen LogP contribution in [0.25, 0.3) is 0 Å². The highest BCUT2D eigenvalue weighted by molar-refractivity contribution is 6.30. The monoisotopic (exact) mass is 337 g/mol. The van der Waals surface area contributed by atoms with Gasteiger partial charge in [-0.3, -0.25) is 4.79 Å². The molecule has 0 bridgehead atoms. The van der Waals surface area contributed by atoms with Gasteiger partial charge in [0, 0.05) is 30.2 Å². The molecule has 0 radical (unpaired) electrons. The Morgan fingerprint density at radius 1 is 1.30 bits per heavy atom. The fraction of sp³-hybridized carbons (Fsp3) is 0.529. The van der Waals surface area contributed by atoms with Gasteiger partial charge in [-0.15, -0.1) is 0 Å². The minimum atomic E-state index is -0.135. The molecule has 1 heterocycles. The van der Waals surface area contributed by atoms with E-state index in [1.54, 1.807) is 6.07 Å². The van der Waals surface area contributed by atoms with Crippen LogP contribution in [0.1, 0.15) is 32.3 Å². The Hall–Kier alpha value is -1.75. The van der Waals surface area contributed by atoms with Crippen LogP contribution in [0.15, 0.2) is 24.3 Å². The van der Waals surface area contributed by atoms with Crippen molar-refractivity contribution in [2.45, 2.75) is 45.2 Å². The summed E-state index contributed by atoms with van der Waals surface area (Å²) in [5.41, 5.74) is 0.930. The summed E-state index contributed by atoms with van der Waals surface area (Å²) in [5, 5.41) is 6.43. The zero-order chi connectivity index (χ0) is 16.8. The molecule has 2 rings (SSSR count). The average molecular weight is 338 g/mol. The van der Waals surface area contributed by atoms with Crippen LogP contribution in [0.3, 0.4) is 0 Å². The summed E-state index contributed by atoms with van der Waals surface area (Å²) in [5.74, 6) is 0.109. The van der Waals surface area contributed by atoms with Crippen LogP contribution in [-0.4, -0.2) is 42.0 Å². The van der Waals surface area contributed by atoms with E-state index in [-0.39, 0.29) is 24.0 Å². The topological polar surface area (TPSA) is 61.4 Å². The summed E-state index contributed by atoms with van der Waals surface area (Å²) in [6.07, 6.45) is 1.94. The second-order valence-electron chi connectivity index (χ2n) is 6.23. The molecule has 1 aliphatic rings. The number of piperidine rings is 1. The Morgan fingerprint density at radius 3 is 2.61 bits per heavy atom. The van der Waals surface area contributed by atoms with Gasteiger partial charge in [-0.05, 0) is 44.4 Å². The first-order valence-electron chi connectivity index (χ1n) is 8.03. The highest BCUT2D eigenvalue weighted by Gasteiger charge is 2.23. The molecule has 1 aliphatic heterocycles. The Labute approximate surface area is 142 Å². The Morgan fingerprint density at radius 2 is 2.00 bits per heavy atom. The van der Waals surface area contributed by atoms with E-state index in [0.717, 1.165) is 18.4 Å². The maximum absolute atomic E-state index is 12.3. The van der Waals surface area contributed by atoms with Crippen LogP contribution in [0.2, 0.25) is 5.02 Å². The van der Waals surface area contributed by atoms with Crippen LogP contribution < -0.4 is 10.6 Å². The van der Waals surface area contributed by atoms with Gasteiger partial charge in [-0.2, -0.15) is 0 Å². The zero-order valence-electron chi connectivity index (χ0n) is 13.6. The van der Waals surface area contributed by atoms with Crippen LogP contribution in [-0.2, 0) is 11.2 Å². The van der Waals surface area contributed by atoms with E-state index >= 15 is 0 Å². The lowest BCUT2D eigenvalue weighted by molar-refractivity contribution is -0.131. The van der Waals surface area contributed by atoms with Crippen molar-refractivity contribution in [3.63, 3.8) is 0 Å². The summed E-state index contributed by atoms with van der Waals surface area (Å²) in [6, 6.07) is 7.50. The van der Waals surface area contributed by atoms with Crippen molar-refractivity contribution in [2.75, 3.05) is 13.1 Å². The van der Waals surface area contributed by atoms with Crippen molar-refractivity contribution in [2.24, 2.45) is 0 Å². The van der Waals surface area contributed by atoms with E-state index < -0.39 is 0 Å². The van der Waals surface area contributed by atoms with Gasteiger partial charge in [0.1, 0.15) is 0 Å². The number of carbonyl (C=O) groups is 2. The average Bonchev–Trinajstić information content (AvgIpc) is 2.47. The van der Waals surface area contributed by atoms with Crippen molar-refractivity contribution in [1.82, 2.24) is 15.5 Å². The first kappa shape index (κ1) is 17.6. The summed E-state index contributed by atoms with van der Waals surface area (Å²) >= 11 is 5.95. The standard InChI is InChI=1S/C17H24ClN3O2/c1-12(2)19-17(23)20-15-6-8-21(9-7-15)16(22)11-13-4-3-5-14(18)10-13/h3-5,10,12,15H,6-9,11H2,1-2H3,(H2,19,20,23). The second-order valence-corrected chi connectivity index (χ2v) is 6.67. The molecule has 23 heavy (non-hydrogen) atoms. The number of hydrogen-bond acceptors (Lipinski definition) is 2. The molecule has 0 aliphatic carbocycles. The summed E-state index contributed by atoms with van der Waals surface area (Å²) in [6.45, 7) is 5.20. The van der Waals surface area contributed by atoms with Crippen molar-refractivity contribution >= 4 is 23.5 Å². The maximum Gasteiger partial charge on any atom is 0.315 e. The molecular formula is C17H24ClN3O2. The Balaban J connectivity index is 1.77. The van der Waals surface area contributed by atoms with Crippen LogP contribution in [0.4, 0.5) is 4.79 Å². The molecule has 1 aromatic carbocycles. The molecule has 126 valence electrons. The number of hydrogen-bond donors (Lipinski definition) is 2. The number of rotatable bonds is 4.